The van der Waals surface area contributed by atoms with Crippen LogP contribution in [-0.4, -0.2) is 20.3 Å². The second-order valence-corrected chi connectivity index (χ2v) is 5.17. The lowest BCUT2D eigenvalue weighted by molar-refractivity contribution is 0.299. The van der Waals surface area contributed by atoms with Crippen molar-refractivity contribution in [3.05, 3.63) is 22.2 Å². The average molecular weight is 340 g/mol. The Bertz CT molecular complexity index is 477. The highest BCUT2D eigenvalue weighted by atomic mass is 79.9. The SMILES string of the molecule is CC#CCCOc1c(Br)cc(CNCCC)cc1OC. The molecule has 110 valence electrons. The molecule has 0 amide bonds. The van der Waals surface area contributed by atoms with E-state index in [1.165, 1.54) is 5.56 Å². The largest absolute Gasteiger partial charge is 0.493 e. The van der Waals surface area contributed by atoms with Crippen LogP contribution in [0.15, 0.2) is 16.6 Å². The first-order chi connectivity index (χ1) is 9.72. The summed E-state index contributed by atoms with van der Waals surface area (Å²) in [5.41, 5.74) is 1.17. The fourth-order valence-electron chi connectivity index (χ4n) is 1.75. The van der Waals surface area contributed by atoms with Crippen LogP contribution >= 0.6 is 15.9 Å². The molecule has 4 heteroatoms. The first-order valence-corrected chi connectivity index (χ1v) is 7.61. The summed E-state index contributed by atoms with van der Waals surface area (Å²) in [6.07, 6.45) is 1.84. The van der Waals surface area contributed by atoms with Crippen molar-refractivity contribution >= 4 is 15.9 Å². The lowest BCUT2D eigenvalue weighted by atomic mass is 10.2. The number of halogens is 1. The topological polar surface area (TPSA) is 30.5 Å². The molecule has 1 aromatic rings. The van der Waals surface area contributed by atoms with Gasteiger partial charge in [0, 0.05) is 13.0 Å². The summed E-state index contributed by atoms with van der Waals surface area (Å²) in [6.45, 7) is 6.37. The highest BCUT2D eigenvalue weighted by molar-refractivity contribution is 9.10. The Morgan fingerprint density at radius 1 is 1.35 bits per heavy atom. The highest BCUT2D eigenvalue weighted by Crippen LogP contribution is 2.36. The van der Waals surface area contributed by atoms with Gasteiger partial charge in [-0.1, -0.05) is 6.92 Å². The molecule has 0 aliphatic carbocycles. The molecule has 0 aliphatic rings. The van der Waals surface area contributed by atoms with Crippen molar-refractivity contribution in [2.24, 2.45) is 0 Å². The van der Waals surface area contributed by atoms with E-state index in [-0.39, 0.29) is 0 Å². The first-order valence-electron chi connectivity index (χ1n) is 6.82. The molecule has 20 heavy (non-hydrogen) atoms. The van der Waals surface area contributed by atoms with Gasteiger partial charge >= 0.3 is 0 Å². The summed E-state index contributed by atoms with van der Waals surface area (Å²) in [5.74, 6) is 7.32. The van der Waals surface area contributed by atoms with E-state index < -0.39 is 0 Å². The smallest absolute Gasteiger partial charge is 0.175 e. The van der Waals surface area contributed by atoms with Gasteiger partial charge in [-0.05, 0) is 53.5 Å². The summed E-state index contributed by atoms with van der Waals surface area (Å²) in [6, 6.07) is 4.07. The molecule has 0 aromatic heterocycles. The van der Waals surface area contributed by atoms with Crippen molar-refractivity contribution in [2.75, 3.05) is 20.3 Å². The van der Waals surface area contributed by atoms with Gasteiger partial charge in [0.2, 0.25) is 0 Å². The van der Waals surface area contributed by atoms with Crippen LogP contribution < -0.4 is 14.8 Å². The maximum Gasteiger partial charge on any atom is 0.175 e. The zero-order valence-electron chi connectivity index (χ0n) is 12.4. The molecule has 0 fully saturated rings. The molecule has 0 bridgehead atoms. The van der Waals surface area contributed by atoms with Crippen molar-refractivity contribution in [1.82, 2.24) is 5.32 Å². The van der Waals surface area contributed by atoms with Gasteiger partial charge in [-0.2, -0.15) is 0 Å². The molecular formula is C16H22BrNO2. The van der Waals surface area contributed by atoms with E-state index in [4.69, 9.17) is 9.47 Å². The van der Waals surface area contributed by atoms with E-state index in [0.717, 1.165) is 35.5 Å². The monoisotopic (exact) mass is 339 g/mol. The summed E-state index contributed by atoms with van der Waals surface area (Å²) in [5, 5.41) is 3.37. The Labute approximate surface area is 130 Å². The summed E-state index contributed by atoms with van der Waals surface area (Å²) >= 11 is 3.55. The Balaban J connectivity index is 2.75. The van der Waals surface area contributed by atoms with Crippen molar-refractivity contribution in [3.8, 4) is 23.3 Å². The van der Waals surface area contributed by atoms with E-state index in [1.807, 2.05) is 13.0 Å². The Morgan fingerprint density at radius 3 is 2.80 bits per heavy atom. The van der Waals surface area contributed by atoms with Crippen LogP contribution in [0.1, 0.15) is 32.3 Å². The third-order valence-electron chi connectivity index (χ3n) is 2.70. The minimum Gasteiger partial charge on any atom is -0.493 e. The second-order valence-electron chi connectivity index (χ2n) is 4.31. The number of benzene rings is 1. The predicted octanol–water partition coefficient (Wildman–Crippen LogP) is 3.75. The lowest BCUT2D eigenvalue weighted by Gasteiger charge is -2.14. The molecule has 1 rings (SSSR count). The van der Waals surface area contributed by atoms with Gasteiger partial charge < -0.3 is 14.8 Å². The third-order valence-corrected chi connectivity index (χ3v) is 3.28. The highest BCUT2D eigenvalue weighted by Gasteiger charge is 2.11. The van der Waals surface area contributed by atoms with Crippen LogP contribution in [0.5, 0.6) is 11.5 Å². The quantitative estimate of drug-likeness (QED) is 0.578. The molecule has 0 unspecified atom stereocenters. The fourth-order valence-corrected chi connectivity index (χ4v) is 2.36. The van der Waals surface area contributed by atoms with Crippen LogP contribution in [0, 0.1) is 11.8 Å². The van der Waals surface area contributed by atoms with Gasteiger partial charge in [0.25, 0.3) is 0 Å². The first kappa shape index (κ1) is 16.9. The standard InChI is InChI=1S/C16H22BrNO2/c1-4-6-7-9-20-16-14(17)10-13(11-15(16)19-3)12-18-8-5-2/h10-11,18H,5,7-9,12H2,1-3H3. The van der Waals surface area contributed by atoms with E-state index in [2.05, 4.69) is 46.1 Å². The van der Waals surface area contributed by atoms with Gasteiger partial charge in [0.05, 0.1) is 18.2 Å². The van der Waals surface area contributed by atoms with Gasteiger partial charge in [-0.3, -0.25) is 0 Å². The number of nitrogens with one attached hydrogen (secondary N) is 1. The predicted molar refractivity (Wildman–Crippen MR) is 86.3 cm³/mol. The molecule has 0 spiro atoms. The number of hydrogen-bond acceptors (Lipinski definition) is 3. The molecular weight excluding hydrogens is 318 g/mol. The van der Waals surface area contributed by atoms with Crippen LogP contribution in [0.25, 0.3) is 0 Å². The van der Waals surface area contributed by atoms with Crippen molar-refractivity contribution in [2.45, 2.75) is 33.2 Å². The van der Waals surface area contributed by atoms with Crippen LogP contribution in [0.3, 0.4) is 0 Å². The number of methoxy groups -OCH3 is 1. The Morgan fingerprint density at radius 2 is 2.15 bits per heavy atom. The minimum absolute atomic E-state index is 0.559. The fraction of sp³-hybridized carbons (Fsp3) is 0.500. The summed E-state index contributed by atoms with van der Waals surface area (Å²) < 4.78 is 12.1. The van der Waals surface area contributed by atoms with Crippen LogP contribution in [0.2, 0.25) is 0 Å². The number of rotatable bonds is 8. The van der Waals surface area contributed by atoms with Gasteiger partial charge in [-0.25, -0.2) is 0 Å². The zero-order valence-corrected chi connectivity index (χ0v) is 14.0. The number of ether oxygens (including phenoxy) is 2. The third kappa shape index (κ3) is 5.44. The van der Waals surface area contributed by atoms with Gasteiger partial charge in [-0.15, -0.1) is 11.8 Å². The zero-order chi connectivity index (χ0) is 14.8. The molecule has 3 nitrogen and oxygen atoms in total. The molecule has 0 radical (unpaired) electrons. The van der Waals surface area contributed by atoms with Gasteiger partial charge in [0.1, 0.15) is 0 Å². The Kier molecular flexibility index (Phi) is 8.17. The molecule has 0 saturated carbocycles. The molecule has 0 atom stereocenters. The lowest BCUT2D eigenvalue weighted by Crippen LogP contribution is -2.14. The maximum absolute atomic E-state index is 5.75. The van der Waals surface area contributed by atoms with E-state index in [0.29, 0.717) is 13.0 Å². The Hall–Kier alpha value is -1.18. The van der Waals surface area contributed by atoms with E-state index in [9.17, 15) is 0 Å². The summed E-state index contributed by atoms with van der Waals surface area (Å²) in [4.78, 5) is 0. The molecule has 0 heterocycles. The van der Waals surface area contributed by atoms with Crippen molar-refractivity contribution in [1.29, 1.82) is 0 Å². The normalized spacial score (nSPS) is 9.80. The minimum atomic E-state index is 0.559. The van der Waals surface area contributed by atoms with E-state index in [1.54, 1.807) is 7.11 Å². The van der Waals surface area contributed by atoms with Crippen molar-refractivity contribution < 1.29 is 9.47 Å². The molecule has 0 aliphatic heterocycles. The second kappa shape index (κ2) is 9.68. The molecule has 1 N–H and O–H groups in total. The maximum atomic E-state index is 5.75. The van der Waals surface area contributed by atoms with Crippen LogP contribution in [-0.2, 0) is 6.54 Å². The average Bonchev–Trinajstić information content (AvgIpc) is 2.45. The van der Waals surface area contributed by atoms with E-state index >= 15 is 0 Å². The van der Waals surface area contributed by atoms with Crippen molar-refractivity contribution in [3.63, 3.8) is 0 Å². The molecule has 0 saturated heterocycles. The molecule has 1 aromatic carbocycles. The van der Waals surface area contributed by atoms with Crippen LogP contribution in [0.4, 0.5) is 0 Å². The van der Waals surface area contributed by atoms with Gasteiger partial charge in [0.15, 0.2) is 11.5 Å². The summed E-state index contributed by atoms with van der Waals surface area (Å²) in [7, 11) is 1.66. The number of hydrogen-bond donors (Lipinski definition) is 1.